The molecule has 0 saturated carbocycles. The highest BCUT2D eigenvalue weighted by molar-refractivity contribution is 6.15. The van der Waals surface area contributed by atoms with Crippen molar-refractivity contribution in [3.05, 3.63) is 95.7 Å². The highest BCUT2D eigenvalue weighted by Gasteiger charge is 2.30. The Morgan fingerprint density at radius 2 is 1.75 bits per heavy atom. The van der Waals surface area contributed by atoms with Gasteiger partial charge in [0.25, 0.3) is 0 Å². The van der Waals surface area contributed by atoms with Gasteiger partial charge in [-0.2, -0.15) is 13.2 Å². The van der Waals surface area contributed by atoms with Gasteiger partial charge in [-0.05, 0) is 29.8 Å². The van der Waals surface area contributed by atoms with Crippen molar-refractivity contribution in [2.75, 3.05) is 0 Å². The van der Waals surface area contributed by atoms with E-state index in [0.29, 0.717) is 29.0 Å². The number of nitrogens with zero attached hydrogens (tertiary/aromatic N) is 4. The maximum atomic E-state index is 13.4. The minimum absolute atomic E-state index is 0.230. The molecule has 0 saturated heterocycles. The SMILES string of the molecule is Cn1c(C(=O)c2cn(Cc3ccc(C(F)(F)F)cc3)c3ccccc23)nc2cnccc21. The van der Waals surface area contributed by atoms with Crippen LogP contribution in [0.4, 0.5) is 13.2 Å². The molecule has 0 amide bonds. The number of benzene rings is 2. The molecular weight excluding hydrogens is 417 g/mol. The lowest BCUT2D eigenvalue weighted by molar-refractivity contribution is -0.137. The monoisotopic (exact) mass is 434 g/mol. The molecule has 2 aromatic carbocycles. The quantitative estimate of drug-likeness (QED) is 0.365. The van der Waals surface area contributed by atoms with E-state index in [9.17, 15) is 18.0 Å². The Balaban J connectivity index is 1.55. The van der Waals surface area contributed by atoms with Gasteiger partial charge in [-0.1, -0.05) is 30.3 Å². The third kappa shape index (κ3) is 3.33. The van der Waals surface area contributed by atoms with Crippen LogP contribution >= 0.6 is 0 Å². The van der Waals surface area contributed by atoms with Crippen molar-refractivity contribution >= 4 is 27.7 Å². The number of alkyl halides is 3. The summed E-state index contributed by atoms with van der Waals surface area (Å²) in [5.74, 6) is 0.0662. The van der Waals surface area contributed by atoms with Crippen molar-refractivity contribution in [1.29, 1.82) is 0 Å². The van der Waals surface area contributed by atoms with Gasteiger partial charge in [0.15, 0.2) is 5.82 Å². The zero-order valence-corrected chi connectivity index (χ0v) is 17.0. The highest BCUT2D eigenvalue weighted by Crippen LogP contribution is 2.30. The summed E-state index contributed by atoms with van der Waals surface area (Å²) in [5, 5.41) is 0.759. The number of fused-ring (bicyclic) bond motifs is 2. The van der Waals surface area contributed by atoms with Crippen molar-refractivity contribution in [2.45, 2.75) is 12.7 Å². The number of halogens is 3. The number of aromatic nitrogens is 4. The first-order chi connectivity index (χ1) is 15.3. The zero-order valence-electron chi connectivity index (χ0n) is 17.0. The number of hydrogen-bond acceptors (Lipinski definition) is 3. The summed E-state index contributed by atoms with van der Waals surface area (Å²) in [4.78, 5) is 21.9. The number of pyridine rings is 1. The average Bonchev–Trinajstić information content (AvgIpc) is 3.32. The van der Waals surface area contributed by atoms with Crippen LogP contribution in [0.15, 0.2) is 73.2 Å². The van der Waals surface area contributed by atoms with Crippen LogP contribution in [0, 0.1) is 0 Å². The molecule has 0 radical (unpaired) electrons. The molecule has 0 fully saturated rings. The largest absolute Gasteiger partial charge is 0.416 e. The van der Waals surface area contributed by atoms with Crippen molar-refractivity contribution in [2.24, 2.45) is 7.05 Å². The molecule has 0 spiro atoms. The third-order valence-corrected chi connectivity index (χ3v) is 5.55. The Labute approximate surface area is 180 Å². The van der Waals surface area contributed by atoms with E-state index in [1.54, 1.807) is 36.3 Å². The zero-order chi connectivity index (χ0) is 22.5. The number of hydrogen-bond donors (Lipinski definition) is 0. The first-order valence-electron chi connectivity index (χ1n) is 9.88. The molecule has 0 aliphatic heterocycles. The molecule has 0 aliphatic carbocycles. The Bertz CT molecular complexity index is 1460. The molecule has 5 nitrogen and oxygen atoms in total. The Kier molecular flexibility index (Phi) is 4.58. The average molecular weight is 434 g/mol. The van der Waals surface area contributed by atoms with E-state index in [1.165, 1.54) is 12.1 Å². The Hall–Kier alpha value is -3.94. The van der Waals surface area contributed by atoms with Gasteiger partial charge in [-0.3, -0.25) is 9.78 Å². The molecule has 5 aromatic rings. The van der Waals surface area contributed by atoms with Crippen LogP contribution in [0.2, 0.25) is 0 Å². The lowest BCUT2D eigenvalue weighted by Gasteiger charge is -2.09. The molecule has 0 atom stereocenters. The van der Waals surface area contributed by atoms with Crippen LogP contribution in [0.5, 0.6) is 0 Å². The molecule has 3 heterocycles. The maximum Gasteiger partial charge on any atom is 0.416 e. The van der Waals surface area contributed by atoms with Crippen LogP contribution in [0.1, 0.15) is 27.3 Å². The summed E-state index contributed by atoms with van der Waals surface area (Å²) >= 11 is 0. The first-order valence-corrected chi connectivity index (χ1v) is 9.88. The van der Waals surface area contributed by atoms with Crippen LogP contribution in [0.3, 0.4) is 0 Å². The lowest BCUT2D eigenvalue weighted by Crippen LogP contribution is -2.08. The first kappa shape index (κ1) is 20.0. The molecule has 0 bridgehead atoms. The molecule has 0 N–H and O–H groups in total. The summed E-state index contributed by atoms with van der Waals surface area (Å²) in [5.41, 5.74) is 2.75. The van der Waals surface area contributed by atoms with Crippen molar-refractivity contribution in [3.8, 4) is 0 Å². The fraction of sp³-hybridized carbons (Fsp3) is 0.125. The van der Waals surface area contributed by atoms with Gasteiger partial charge in [0.2, 0.25) is 5.78 Å². The highest BCUT2D eigenvalue weighted by atomic mass is 19.4. The number of carbonyl (C=O) groups is 1. The topological polar surface area (TPSA) is 52.7 Å². The molecular formula is C24H17F3N4O. The molecule has 160 valence electrons. The van der Waals surface area contributed by atoms with Crippen molar-refractivity contribution in [3.63, 3.8) is 0 Å². The number of rotatable bonds is 4. The second kappa shape index (κ2) is 7.33. The number of carbonyl (C=O) groups excluding carboxylic acids is 1. The van der Waals surface area contributed by atoms with E-state index in [4.69, 9.17) is 0 Å². The number of para-hydroxylation sites is 1. The van der Waals surface area contributed by atoms with E-state index in [2.05, 4.69) is 9.97 Å². The fourth-order valence-electron chi connectivity index (χ4n) is 3.93. The van der Waals surface area contributed by atoms with E-state index in [1.807, 2.05) is 28.8 Å². The predicted molar refractivity (Wildman–Crippen MR) is 114 cm³/mol. The smallest absolute Gasteiger partial charge is 0.342 e. The van der Waals surface area contributed by atoms with Gasteiger partial charge in [-0.25, -0.2) is 4.98 Å². The standard InChI is InChI=1S/C24H17F3N4O/c1-30-21-10-11-28-12-19(21)29-23(30)22(32)18-14-31(20-5-3-2-4-17(18)20)13-15-6-8-16(9-7-15)24(25,26)27/h2-12,14H,13H2,1H3. The minimum atomic E-state index is -4.38. The molecule has 32 heavy (non-hydrogen) atoms. The second-order valence-electron chi connectivity index (χ2n) is 7.57. The number of imidazole rings is 1. The number of aryl methyl sites for hydroxylation is 1. The number of ketones is 1. The van der Waals surface area contributed by atoms with Gasteiger partial charge in [0.05, 0.1) is 22.8 Å². The summed E-state index contributed by atoms with van der Waals surface area (Å²) in [6.07, 6.45) is 0.621. The van der Waals surface area contributed by atoms with E-state index in [0.717, 1.165) is 28.6 Å². The molecule has 5 rings (SSSR count). The normalized spacial score (nSPS) is 12.0. The van der Waals surface area contributed by atoms with E-state index < -0.39 is 11.7 Å². The van der Waals surface area contributed by atoms with Crippen LogP contribution < -0.4 is 0 Å². The Morgan fingerprint density at radius 1 is 1.00 bits per heavy atom. The van der Waals surface area contributed by atoms with Gasteiger partial charge in [0, 0.05) is 36.9 Å². The van der Waals surface area contributed by atoms with Gasteiger partial charge >= 0.3 is 6.18 Å². The Morgan fingerprint density at radius 3 is 2.47 bits per heavy atom. The van der Waals surface area contributed by atoms with Gasteiger partial charge in [0.1, 0.15) is 5.52 Å². The lowest BCUT2D eigenvalue weighted by atomic mass is 10.1. The van der Waals surface area contributed by atoms with Gasteiger partial charge in [-0.15, -0.1) is 0 Å². The van der Waals surface area contributed by atoms with Crippen molar-refractivity contribution in [1.82, 2.24) is 19.1 Å². The molecule has 3 aromatic heterocycles. The van der Waals surface area contributed by atoms with Crippen LogP contribution in [0.25, 0.3) is 21.9 Å². The van der Waals surface area contributed by atoms with Crippen LogP contribution in [-0.4, -0.2) is 24.9 Å². The van der Waals surface area contributed by atoms with E-state index in [-0.39, 0.29) is 5.78 Å². The molecule has 8 heteroatoms. The van der Waals surface area contributed by atoms with Gasteiger partial charge < -0.3 is 9.13 Å². The van der Waals surface area contributed by atoms with Crippen molar-refractivity contribution < 1.29 is 18.0 Å². The summed E-state index contributed by atoms with van der Waals surface area (Å²) in [7, 11) is 1.78. The minimum Gasteiger partial charge on any atom is -0.342 e. The maximum absolute atomic E-state index is 13.4. The van der Waals surface area contributed by atoms with Crippen LogP contribution in [-0.2, 0) is 19.8 Å². The third-order valence-electron chi connectivity index (χ3n) is 5.55. The molecule has 0 aliphatic rings. The molecule has 0 unspecified atom stereocenters. The predicted octanol–water partition coefficient (Wildman–Crippen LogP) is 5.22. The summed E-state index contributed by atoms with van der Waals surface area (Å²) in [6.45, 7) is 0.332. The summed E-state index contributed by atoms with van der Waals surface area (Å²) in [6, 6.07) is 14.3. The van der Waals surface area contributed by atoms with E-state index >= 15 is 0 Å². The fourth-order valence-corrected chi connectivity index (χ4v) is 3.93. The summed E-state index contributed by atoms with van der Waals surface area (Å²) < 4.78 is 42.2. The second-order valence-corrected chi connectivity index (χ2v) is 7.57.